The maximum absolute atomic E-state index is 11.7. The molecule has 94 valence electrons. The predicted molar refractivity (Wildman–Crippen MR) is 64.3 cm³/mol. The molecule has 0 radical (unpaired) electrons. The number of nitrogens with one attached hydrogen (secondary N) is 1. The van der Waals surface area contributed by atoms with Crippen molar-refractivity contribution in [2.24, 2.45) is 0 Å². The lowest BCUT2D eigenvalue weighted by atomic mass is 10.2. The highest BCUT2D eigenvalue weighted by atomic mass is 16.2. The number of imidazole rings is 1. The van der Waals surface area contributed by atoms with Crippen molar-refractivity contribution >= 4 is 5.91 Å². The lowest BCUT2D eigenvalue weighted by Gasteiger charge is -2.12. The van der Waals surface area contributed by atoms with Crippen LogP contribution in [0.3, 0.4) is 0 Å². The van der Waals surface area contributed by atoms with Crippen LogP contribution in [0.2, 0.25) is 0 Å². The van der Waals surface area contributed by atoms with E-state index in [-0.39, 0.29) is 29.9 Å². The first-order valence-corrected chi connectivity index (χ1v) is 5.70. The molecular weight excluding hydrogens is 230 g/mol. The van der Waals surface area contributed by atoms with Gasteiger partial charge in [0.15, 0.2) is 11.4 Å². The zero-order chi connectivity index (χ0) is 13.7. The zero-order valence-electron chi connectivity index (χ0n) is 10.7. The number of amides is 1. The highest BCUT2D eigenvalue weighted by molar-refractivity contribution is 5.76. The van der Waals surface area contributed by atoms with E-state index >= 15 is 0 Å². The quantitative estimate of drug-likeness (QED) is 0.850. The second kappa shape index (κ2) is 5.83. The SMILES string of the molecule is CC[C@H](C)NC(=O)Cn1c(C)nc(C#N)c1C#N. The Bertz CT molecular complexity index is 532. The van der Waals surface area contributed by atoms with Gasteiger partial charge >= 0.3 is 0 Å². The number of hydrogen-bond donors (Lipinski definition) is 1. The summed E-state index contributed by atoms with van der Waals surface area (Å²) in [5.41, 5.74) is 0.195. The van der Waals surface area contributed by atoms with E-state index < -0.39 is 0 Å². The minimum Gasteiger partial charge on any atom is -0.352 e. The van der Waals surface area contributed by atoms with Crippen molar-refractivity contribution in [2.75, 3.05) is 0 Å². The van der Waals surface area contributed by atoms with Crippen LogP contribution in [0.1, 0.15) is 37.5 Å². The molecular formula is C12H15N5O. The van der Waals surface area contributed by atoms with Gasteiger partial charge in [-0.15, -0.1) is 0 Å². The van der Waals surface area contributed by atoms with E-state index in [4.69, 9.17) is 10.5 Å². The molecule has 1 aromatic rings. The number of carbonyl (C=O) groups is 1. The molecule has 6 heteroatoms. The smallest absolute Gasteiger partial charge is 0.240 e. The standard InChI is InChI=1S/C12H15N5O/c1-4-8(2)15-12(18)7-17-9(3)16-10(5-13)11(17)6-14/h8H,4,7H2,1-3H3,(H,15,18)/t8-/m0/s1. The van der Waals surface area contributed by atoms with Gasteiger partial charge in [0.1, 0.15) is 24.5 Å². The van der Waals surface area contributed by atoms with Crippen LogP contribution < -0.4 is 5.32 Å². The van der Waals surface area contributed by atoms with Crippen molar-refractivity contribution in [3.05, 3.63) is 17.2 Å². The van der Waals surface area contributed by atoms with Crippen molar-refractivity contribution in [2.45, 2.75) is 39.8 Å². The third-order valence-corrected chi connectivity index (χ3v) is 2.69. The van der Waals surface area contributed by atoms with Gasteiger partial charge in [-0.05, 0) is 20.3 Å². The fraction of sp³-hybridized carbons (Fsp3) is 0.500. The average Bonchev–Trinajstić information content (AvgIpc) is 2.65. The van der Waals surface area contributed by atoms with Gasteiger partial charge in [0.05, 0.1) is 0 Å². The molecule has 1 atom stereocenters. The first-order chi connectivity index (χ1) is 8.53. The molecule has 18 heavy (non-hydrogen) atoms. The number of rotatable bonds is 4. The van der Waals surface area contributed by atoms with E-state index in [9.17, 15) is 4.79 Å². The molecule has 0 unspecified atom stereocenters. The molecule has 1 heterocycles. The Labute approximate surface area is 106 Å². The molecule has 0 fully saturated rings. The van der Waals surface area contributed by atoms with Gasteiger partial charge in [-0.3, -0.25) is 4.79 Å². The zero-order valence-corrected chi connectivity index (χ0v) is 10.7. The molecule has 1 aromatic heterocycles. The van der Waals surface area contributed by atoms with Gasteiger partial charge in [-0.2, -0.15) is 10.5 Å². The van der Waals surface area contributed by atoms with Gasteiger partial charge in [0.2, 0.25) is 5.91 Å². The summed E-state index contributed by atoms with van der Waals surface area (Å²) in [5.74, 6) is 0.299. The van der Waals surface area contributed by atoms with E-state index in [1.165, 1.54) is 4.57 Å². The summed E-state index contributed by atoms with van der Waals surface area (Å²) >= 11 is 0. The van der Waals surface area contributed by atoms with Crippen LogP contribution in [0.15, 0.2) is 0 Å². The van der Waals surface area contributed by atoms with Gasteiger partial charge in [-0.1, -0.05) is 6.92 Å². The summed E-state index contributed by atoms with van der Waals surface area (Å²) < 4.78 is 1.45. The molecule has 1 N–H and O–H groups in total. The topological polar surface area (TPSA) is 94.5 Å². The maximum atomic E-state index is 11.7. The van der Waals surface area contributed by atoms with Crippen molar-refractivity contribution in [3.63, 3.8) is 0 Å². The Morgan fingerprint density at radius 2 is 2.17 bits per heavy atom. The van der Waals surface area contributed by atoms with Gasteiger partial charge in [0, 0.05) is 6.04 Å². The fourth-order valence-corrected chi connectivity index (χ4v) is 1.52. The fourth-order valence-electron chi connectivity index (χ4n) is 1.52. The highest BCUT2D eigenvalue weighted by Crippen LogP contribution is 2.09. The van der Waals surface area contributed by atoms with Crippen LogP contribution in [-0.2, 0) is 11.3 Å². The molecule has 0 saturated heterocycles. The van der Waals surface area contributed by atoms with Gasteiger partial charge < -0.3 is 9.88 Å². The van der Waals surface area contributed by atoms with E-state index in [1.54, 1.807) is 6.92 Å². The summed E-state index contributed by atoms with van der Waals surface area (Å²) in [6.07, 6.45) is 0.837. The Balaban J connectivity index is 2.92. The number of nitrogens with zero attached hydrogens (tertiary/aromatic N) is 4. The molecule has 0 saturated carbocycles. The van der Waals surface area contributed by atoms with Crippen molar-refractivity contribution in [3.8, 4) is 12.1 Å². The predicted octanol–water partition coefficient (Wildman–Crippen LogP) is 0.850. The van der Waals surface area contributed by atoms with Crippen LogP contribution in [0.25, 0.3) is 0 Å². The second-order valence-corrected chi connectivity index (χ2v) is 4.04. The Kier molecular flexibility index (Phi) is 4.45. The molecule has 0 spiro atoms. The Morgan fingerprint density at radius 1 is 1.50 bits per heavy atom. The first-order valence-electron chi connectivity index (χ1n) is 5.70. The number of aryl methyl sites for hydroxylation is 1. The number of hydrogen-bond acceptors (Lipinski definition) is 4. The minimum absolute atomic E-state index is 0.00769. The van der Waals surface area contributed by atoms with Crippen LogP contribution in [0, 0.1) is 29.6 Å². The maximum Gasteiger partial charge on any atom is 0.240 e. The lowest BCUT2D eigenvalue weighted by molar-refractivity contribution is -0.122. The van der Waals surface area contributed by atoms with E-state index in [2.05, 4.69) is 10.3 Å². The van der Waals surface area contributed by atoms with Gasteiger partial charge in [0.25, 0.3) is 0 Å². The number of carbonyl (C=O) groups excluding carboxylic acids is 1. The van der Waals surface area contributed by atoms with E-state index in [1.807, 2.05) is 26.0 Å². The molecule has 1 rings (SSSR count). The summed E-state index contributed by atoms with van der Waals surface area (Å²) in [4.78, 5) is 15.7. The van der Waals surface area contributed by atoms with Crippen LogP contribution in [0.4, 0.5) is 0 Å². The first kappa shape index (κ1) is 13.7. The molecule has 0 aliphatic carbocycles. The summed E-state index contributed by atoms with van der Waals surface area (Å²) in [7, 11) is 0. The largest absolute Gasteiger partial charge is 0.352 e. The Hall–Kier alpha value is -2.34. The molecule has 1 amide bonds. The van der Waals surface area contributed by atoms with Crippen molar-refractivity contribution in [1.29, 1.82) is 10.5 Å². The number of aromatic nitrogens is 2. The third kappa shape index (κ3) is 2.86. The van der Waals surface area contributed by atoms with Crippen LogP contribution in [-0.4, -0.2) is 21.5 Å². The summed E-state index contributed by atoms with van der Waals surface area (Å²) in [5, 5.41) is 20.6. The average molecular weight is 245 g/mol. The van der Waals surface area contributed by atoms with Crippen molar-refractivity contribution in [1.82, 2.24) is 14.9 Å². The molecule has 0 aliphatic heterocycles. The lowest BCUT2D eigenvalue weighted by Crippen LogP contribution is -2.35. The molecule has 0 aliphatic rings. The van der Waals surface area contributed by atoms with Crippen LogP contribution >= 0.6 is 0 Å². The van der Waals surface area contributed by atoms with E-state index in [0.717, 1.165) is 6.42 Å². The third-order valence-electron chi connectivity index (χ3n) is 2.69. The second-order valence-electron chi connectivity index (χ2n) is 4.04. The van der Waals surface area contributed by atoms with Gasteiger partial charge in [-0.25, -0.2) is 4.98 Å². The number of nitriles is 2. The molecule has 0 aromatic carbocycles. The normalized spacial score (nSPS) is 11.4. The highest BCUT2D eigenvalue weighted by Gasteiger charge is 2.16. The Morgan fingerprint density at radius 3 is 2.67 bits per heavy atom. The monoisotopic (exact) mass is 245 g/mol. The summed E-state index contributed by atoms with van der Waals surface area (Å²) in [6, 6.07) is 3.84. The summed E-state index contributed by atoms with van der Waals surface area (Å²) in [6.45, 7) is 5.55. The van der Waals surface area contributed by atoms with Crippen LogP contribution in [0.5, 0.6) is 0 Å². The van der Waals surface area contributed by atoms with E-state index in [0.29, 0.717) is 5.82 Å². The minimum atomic E-state index is -0.189. The molecule has 0 bridgehead atoms. The molecule has 6 nitrogen and oxygen atoms in total. The van der Waals surface area contributed by atoms with Crippen molar-refractivity contribution < 1.29 is 4.79 Å².